The van der Waals surface area contributed by atoms with Crippen LogP contribution in [-0.4, -0.2) is 43.2 Å². The third kappa shape index (κ3) is 2.50. The minimum absolute atomic E-state index is 0.172. The Balaban J connectivity index is 1.88. The summed E-state index contributed by atoms with van der Waals surface area (Å²) in [5.74, 6) is 0.109. The molecule has 0 aliphatic rings. The van der Waals surface area contributed by atoms with Crippen LogP contribution in [0.25, 0.3) is 10.9 Å². The van der Waals surface area contributed by atoms with Crippen molar-refractivity contribution in [2.24, 2.45) is 0 Å². The van der Waals surface area contributed by atoms with E-state index in [2.05, 4.69) is 25.4 Å². The minimum Gasteiger partial charge on any atom is -0.333 e. The van der Waals surface area contributed by atoms with Crippen molar-refractivity contribution >= 4 is 16.8 Å². The molecule has 2 aromatic heterocycles. The van der Waals surface area contributed by atoms with Crippen LogP contribution in [0.5, 0.6) is 0 Å². The van der Waals surface area contributed by atoms with E-state index < -0.39 is 0 Å². The average molecular weight is 284 g/mol. The van der Waals surface area contributed by atoms with E-state index in [1.807, 2.05) is 6.07 Å². The van der Waals surface area contributed by atoms with Crippen LogP contribution in [0.15, 0.2) is 35.3 Å². The van der Waals surface area contributed by atoms with Gasteiger partial charge in [0.2, 0.25) is 0 Å². The average Bonchev–Trinajstić information content (AvgIpc) is 3.00. The summed E-state index contributed by atoms with van der Waals surface area (Å²) in [5, 5.41) is 10.2. The predicted molar refractivity (Wildman–Crippen MR) is 74.5 cm³/mol. The number of nitrogens with zero attached hydrogens (tertiary/aromatic N) is 4. The van der Waals surface area contributed by atoms with E-state index >= 15 is 0 Å². The summed E-state index contributed by atoms with van der Waals surface area (Å²) in [5.41, 5.74) is 0.581. The summed E-state index contributed by atoms with van der Waals surface area (Å²) in [4.78, 5) is 32.4. The topological polar surface area (TPSA) is 108 Å². The van der Waals surface area contributed by atoms with Crippen molar-refractivity contribution in [3.05, 3.63) is 52.3 Å². The number of amides is 1. The smallest absolute Gasteiger partial charge is 0.276 e. The van der Waals surface area contributed by atoms with Crippen molar-refractivity contribution in [3.63, 3.8) is 0 Å². The molecule has 0 atom stereocenters. The van der Waals surface area contributed by atoms with Gasteiger partial charge in [0, 0.05) is 7.05 Å². The molecule has 8 heteroatoms. The molecule has 0 fully saturated rings. The highest BCUT2D eigenvalue weighted by atomic mass is 16.2. The number of fused-ring (bicyclic) bond motifs is 1. The zero-order valence-electron chi connectivity index (χ0n) is 11.2. The summed E-state index contributed by atoms with van der Waals surface area (Å²) in [6, 6.07) is 7.05. The molecule has 1 aromatic carbocycles. The fourth-order valence-electron chi connectivity index (χ4n) is 2.01. The number of aromatic nitrogens is 5. The van der Waals surface area contributed by atoms with Crippen LogP contribution in [-0.2, 0) is 6.54 Å². The second-order valence-corrected chi connectivity index (χ2v) is 4.55. The van der Waals surface area contributed by atoms with Crippen molar-refractivity contribution in [1.29, 1.82) is 0 Å². The summed E-state index contributed by atoms with van der Waals surface area (Å²) in [7, 11) is 1.60. The van der Waals surface area contributed by atoms with Crippen LogP contribution < -0.4 is 5.56 Å². The molecule has 3 aromatic rings. The fourth-order valence-corrected chi connectivity index (χ4v) is 2.01. The van der Waals surface area contributed by atoms with E-state index in [-0.39, 0.29) is 23.7 Å². The number of aromatic amines is 2. The summed E-state index contributed by atoms with van der Waals surface area (Å²) in [6.07, 6.45) is 1.34. The number of rotatable bonds is 3. The third-order valence-corrected chi connectivity index (χ3v) is 3.03. The summed E-state index contributed by atoms with van der Waals surface area (Å²) in [6.45, 7) is 0.172. The monoisotopic (exact) mass is 284 g/mol. The molecule has 1 amide bonds. The maximum atomic E-state index is 12.0. The lowest BCUT2D eigenvalue weighted by Crippen LogP contribution is -2.28. The molecule has 8 nitrogen and oxygen atoms in total. The van der Waals surface area contributed by atoms with Crippen LogP contribution in [0.3, 0.4) is 0 Å². The first-order valence-corrected chi connectivity index (χ1v) is 6.24. The fraction of sp³-hybridized carbons (Fsp3) is 0.154. The Morgan fingerprint density at radius 1 is 1.33 bits per heavy atom. The highest BCUT2D eigenvalue weighted by Gasteiger charge is 2.16. The third-order valence-electron chi connectivity index (χ3n) is 3.03. The minimum atomic E-state index is -0.306. The van der Waals surface area contributed by atoms with Gasteiger partial charge in [-0.3, -0.25) is 9.59 Å². The van der Waals surface area contributed by atoms with Crippen LogP contribution in [0.4, 0.5) is 0 Å². The standard InChI is InChI=1S/C13H12N6O2/c1-19(13(21)10-6-14-18-17-10)7-11-15-9-5-3-2-4-8(9)12(20)16-11/h2-6H,7H2,1H3,(H,14,17,18)(H,15,16,20). The lowest BCUT2D eigenvalue weighted by molar-refractivity contribution is 0.0775. The Hall–Kier alpha value is -3.03. The number of hydrogen-bond acceptors (Lipinski definition) is 5. The lowest BCUT2D eigenvalue weighted by atomic mass is 10.2. The predicted octanol–water partition coefficient (Wildman–Crippen LogP) is 0.313. The van der Waals surface area contributed by atoms with Gasteiger partial charge in [0.1, 0.15) is 5.82 Å². The SMILES string of the molecule is CN(Cc1nc2ccccc2c(=O)[nH]1)C(=O)c1cn[nH]n1. The van der Waals surface area contributed by atoms with Gasteiger partial charge in [0.15, 0.2) is 5.69 Å². The van der Waals surface area contributed by atoms with Crippen molar-refractivity contribution in [1.82, 2.24) is 30.3 Å². The summed E-state index contributed by atoms with van der Waals surface area (Å²) < 4.78 is 0. The first-order chi connectivity index (χ1) is 10.1. The van der Waals surface area contributed by atoms with Crippen LogP contribution in [0, 0.1) is 0 Å². The molecule has 0 spiro atoms. The largest absolute Gasteiger partial charge is 0.333 e. The van der Waals surface area contributed by atoms with E-state index in [0.717, 1.165) is 0 Å². The van der Waals surface area contributed by atoms with Crippen LogP contribution in [0.1, 0.15) is 16.3 Å². The number of hydrogen-bond donors (Lipinski definition) is 2. The molecule has 0 saturated heterocycles. The second kappa shape index (κ2) is 5.16. The van der Waals surface area contributed by atoms with Gasteiger partial charge < -0.3 is 9.88 Å². The molecule has 0 bridgehead atoms. The zero-order chi connectivity index (χ0) is 14.8. The Kier molecular flexibility index (Phi) is 3.19. The second-order valence-electron chi connectivity index (χ2n) is 4.55. The van der Waals surface area contributed by atoms with Gasteiger partial charge in [-0.2, -0.15) is 15.4 Å². The Morgan fingerprint density at radius 2 is 2.14 bits per heavy atom. The maximum absolute atomic E-state index is 12.0. The van der Waals surface area contributed by atoms with Crippen LogP contribution in [0.2, 0.25) is 0 Å². The van der Waals surface area contributed by atoms with Gasteiger partial charge in [-0.15, -0.1) is 0 Å². The van der Waals surface area contributed by atoms with Crippen LogP contribution >= 0.6 is 0 Å². The zero-order valence-corrected chi connectivity index (χ0v) is 11.2. The maximum Gasteiger partial charge on any atom is 0.276 e. The van der Waals surface area contributed by atoms with E-state index in [0.29, 0.717) is 16.7 Å². The molecular formula is C13H12N6O2. The molecule has 3 rings (SSSR count). The number of H-pyrrole nitrogens is 2. The molecule has 0 radical (unpaired) electrons. The van der Waals surface area contributed by atoms with E-state index in [4.69, 9.17) is 0 Å². The van der Waals surface area contributed by atoms with Crippen molar-refractivity contribution < 1.29 is 4.79 Å². The molecule has 21 heavy (non-hydrogen) atoms. The highest BCUT2D eigenvalue weighted by molar-refractivity contribution is 5.91. The van der Waals surface area contributed by atoms with Gasteiger partial charge in [-0.1, -0.05) is 12.1 Å². The molecular weight excluding hydrogens is 272 g/mol. The molecule has 0 aliphatic carbocycles. The van der Waals surface area contributed by atoms with E-state index in [1.165, 1.54) is 11.1 Å². The number of benzene rings is 1. The van der Waals surface area contributed by atoms with Crippen molar-refractivity contribution in [2.75, 3.05) is 7.05 Å². The van der Waals surface area contributed by atoms with Gasteiger partial charge in [-0.05, 0) is 12.1 Å². The van der Waals surface area contributed by atoms with Gasteiger partial charge in [0.05, 0.1) is 23.6 Å². The lowest BCUT2D eigenvalue weighted by Gasteiger charge is -2.14. The Labute approximate surface area is 118 Å². The summed E-state index contributed by atoms with van der Waals surface area (Å²) >= 11 is 0. The number of nitrogens with one attached hydrogen (secondary N) is 2. The highest BCUT2D eigenvalue weighted by Crippen LogP contribution is 2.07. The van der Waals surface area contributed by atoms with Gasteiger partial charge in [0.25, 0.3) is 11.5 Å². The molecule has 0 aliphatic heterocycles. The number of carbonyl (C=O) groups excluding carboxylic acids is 1. The Bertz CT molecular complexity index is 839. The molecule has 106 valence electrons. The number of carbonyl (C=O) groups is 1. The molecule has 0 unspecified atom stereocenters. The first-order valence-electron chi connectivity index (χ1n) is 6.24. The quantitative estimate of drug-likeness (QED) is 0.720. The Morgan fingerprint density at radius 3 is 2.90 bits per heavy atom. The molecule has 2 heterocycles. The van der Waals surface area contributed by atoms with Crippen molar-refractivity contribution in [3.8, 4) is 0 Å². The number of para-hydroxylation sites is 1. The normalized spacial score (nSPS) is 10.7. The van der Waals surface area contributed by atoms with E-state index in [1.54, 1.807) is 25.2 Å². The molecule has 0 saturated carbocycles. The van der Waals surface area contributed by atoms with Gasteiger partial charge in [-0.25, -0.2) is 4.98 Å². The molecule has 2 N–H and O–H groups in total. The first kappa shape index (κ1) is 13.0. The van der Waals surface area contributed by atoms with E-state index in [9.17, 15) is 9.59 Å². The van der Waals surface area contributed by atoms with Gasteiger partial charge >= 0.3 is 0 Å². The van der Waals surface area contributed by atoms with Crippen molar-refractivity contribution in [2.45, 2.75) is 6.54 Å².